The van der Waals surface area contributed by atoms with Crippen molar-refractivity contribution < 1.29 is 9.26 Å². The highest BCUT2D eigenvalue weighted by atomic mass is 16.5. The molecule has 23 heavy (non-hydrogen) atoms. The maximum atomic E-state index is 5.91. The highest BCUT2D eigenvalue weighted by Crippen LogP contribution is 2.27. The normalized spacial score (nSPS) is 16.8. The summed E-state index contributed by atoms with van der Waals surface area (Å²) in [5.74, 6) is 2.50. The quantitative estimate of drug-likeness (QED) is 0.651. The van der Waals surface area contributed by atoms with Crippen LogP contribution in [0, 0.1) is 0 Å². The van der Waals surface area contributed by atoms with Crippen LogP contribution in [-0.4, -0.2) is 30.8 Å². The third-order valence-electron chi connectivity index (χ3n) is 3.83. The SMILES string of the molecule is CCc1cc(CNC(=NC)NCC2Cc3ccccc3O2)on1. The average Bonchev–Trinajstić information content (AvgIpc) is 3.21. The number of hydrogen-bond acceptors (Lipinski definition) is 4. The number of hydrogen-bond donors (Lipinski definition) is 2. The van der Waals surface area contributed by atoms with Gasteiger partial charge in [0.1, 0.15) is 11.9 Å². The highest BCUT2D eigenvalue weighted by Gasteiger charge is 2.22. The van der Waals surface area contributed by atoms with Gasteiger partial charge in [-0.15, -0.1) is 0 Å². The number of rotatable bonds is 5. The van der Waals surface area contributed by atoms with Crippen molar-refractivity contribution >= 4 is 5.96 Å². The second-order valence-electron chi connectivity index (χ2n) is 5.50. The summed E-state index contributed by atoms with van der Waals surface area (Å²) >= 11 is 0. The van der Waals surface area contributed by atoms with Crippen molar-refractivity contribution in [1.82, 2.24) is 15.8 Å². The van der Waals surface area contributed by atoms with Gasteiger partial charge in [0.2, 0.25) is 0 Å². The Hall–Kier alpha value is -2.50. The Labute approximate surface area is 135 Å². The molecule has 1 atom stereocenters. The Morgan fingerprint density at radius 1 is 1.35 bits per heavy atom. The van der Waals surface area contributed by atoms with Gasteiger partial charge in [0.25, 0.3) is 0 Å². The molecule has 0 saturated carbocycles. The van der Waals surface area contributed by atoms with Gasteiger partial charge < -0.3 is 19.9 Å². The number of guanidine groups is 1. The van der Waals surface area contributed by atoms with Crippen LogP contribution >= 0.6 is 0 Å². The van der Waals surface area contributed by atoms with Gasteiger partial charge >= 0.3 is 0 Å². The third-order valence-corrected chi connectivity index (χ3v) is 3.83. The van der Waals surface area contributed by atoms with Crippen molar-refractivity contribution in [3.05, 3.63) is 47.3 Å². The van der Waals surface area contributed by atoms with E-state index in [4.69, 9.17) is 9.26 Å². The van der Waals surface area contributed by atoms with Crippen molar-refractivity contribution in [3.63, 3.8) is 0 Å². The predicted molar refractivity (Wildman–Crippen MR) is 88.6 cm³/mol. The first kappa shape index (κ1) is 15.4. The minimum absolute atomic E-state index is 0.128. The zero-order chi connectivity index (χ0) is 16.1. The maximum Gasteiger partial charge on any atom is 0.191 e. The number of aliphatic imine (C=N–C) groups is 1. The van der Waals surface area contributed by atoms with Crippen LogP contribution in [0.3, 0.4) is 0 Å². The molecule has 6 nitrogen and oxygen atoms in total. The van der Waals surface area contributed by atoms with E-state index in [2.05, 4.69) is 33.8 Å². The van der Waals surface area contributed by atoms with Gasteiger partial charge in [0.15, 0.2) is 11.7 Å². The molecule has 0 saturated heterocycles. The lowest BCUT2D eigenvalue weighted by atomic mass is 10.1. The molecule has 6 heteroatoms. The number of aromatic nitrogens is 1. The van der Waals surface area contributed by atoms with Crippen molar-refractivity contribution in [2.75, 3.05) is 13.6 Å². The van der Waals surface area contributed by atoms with E-state index in [0.29, 0.717) is 13.1 Å². The molecule has 3 rings (SSSR count). The molecule has 1 aliphatic rings. The van der Waals surface area contributed by atoms with Gasteiger partial charge in [-0.25, -0.2) is 0 Å². The van der Waals surface area contributed by atoms with E-state index in [-0.39, 0.29) is 6.10 Å². The predicted octanol–water partition coefficient (Wildman–Crippen LogP) is 1.91. The van der Waals surface area contributed by atoms with E-state index in [1.807, 2.05) is 24.3 Å². The van der Waals surface area contributed by atoms with E-state index in [1.54, 1.807) is 7.05 Å². The molecule has 0 radical (unpaired) electrons. The lowest BCUT2D eigenvalue weighted by Crippen LogP contribution is -2.41. The fraction of sp³-hybridized carbons (Fsp3) is 0.412. The van der Waals surface area contributed by atoms with Gasteiger partial charge in [-0.1, -0.05) is 30.3 Å². The van der Waals surface area contributed by atoms with E-state index in [0.717, 1.165) is 36.0 Å². The largest absolute Gasteiger partial charge is 0.488 e. The Bertz CT molecular complexity index is 656. The third kappa shape index (κ3) is 3.83. The summed E-state index contributed by atoms with van der Waals surface area (Å²) in [5.41, 5.74) is 2.22. The molecular weight excluding hydrogens is 292 g/mol. The van der Waals surface area contributed by atoms with E-state index >= 15 is 0 Å². The molecule has 0 amide bonds. The molecule has 1 aromatic carbocycles. The monoisotopic (exact) mass is 314 g/mol. The number of ether oxygens (including phenoxy) is 1. The first-order valence-corrected chi connectivity index (χ1v) is 7.92. The molecule has 0 fully saturated rings. The standard InChI is InChI=1S/C17H22N4O2/c1-3-13-9-15(23-21-13)11-20-17(18-2)19-10-14-8-12-6-4-5-7-16(12)22-14/h4-7,9,14H,3,8,10-11H2,1-2H3,(H2,18,19,20). The summed E-state index contributed by atoms with van der Waals surface area (Å²) in [6.45, 7) is 3.30. The summed E-state index contributed by atoms with van der Waals surface area (Å²) in [4.78, 5) is 4.22. The van der Waals surface area contributed by atoms with Gasteiger partial charge in [0, 0.05) is 19.5 Å². The van der Waals surface area contributed by atoms with Crippen molar-refractivity contribution in [1.29, 1.82) is 0 Å². The van der Waals surface area contributed by atoms with Gasteiger partial charge in [-0.2, -0.15) is 0 Å². The van der Waals surface area contributed by atoms with Crippen LogP contribution < -0.4 is 15.4 Å². The Morgan fingerprint density at radius 3 is 2.96 bits per heavy atom. The van der Waals surface area contributed by atoms with Crippen molar-refractivity contribution in [2.24, 2.45) is 4.99 Å². The lowest BCUT2D eigenvalue weighted by molar-refractivity contribution is 0.235. The Balaban J connectivity index is 1.45. The number of nitrogens with zero attached hydrogens (tertiary/aromatic N) is 2. The zero-order valence-electron chi connectivity index (χ0n) is 13.5. The summed E-state index contributed by atoms with van der Waals surface area (Å²) < 4.78 is 11.2. The Kier molecular flexibility index (Phi) is 4.80. The summed E-state index contributed by atoms with van der Waals surface area (Å²) in [7, 11) is 1.75. The van der Waals surface area contributed by atoms with Crippen molar-refractivity contribution in [2.45, 2.75) is 32.4 Å². The average molecular weight is 314 g/mol. The van der Waals surface area contributed by atoms with Crippen LogP contribution in [0.4, 0.5) is 0 Å². The van der Waals surface area contributed by atoms with Crippen LogP contribution in [0.25, 0.3) is 0 Å². The molecule has 0 aliphatic carbocycles. The second-order valence-corrected chi connectivity index (χ2v) is 5.50. The lowest BCUT2D eigenvalue weighted by Gasteiger charge is -2.15. The molecular formula is C17H22N4O2. The summed E-state index contributed by atoms with van der Waals surface area (Å²) in [6, 6.07) is 10.1. The number of fused-ring (bicyclic) bond motifs is 1. The van der Waals surface area contributed by atoms with Gasteiger partial charge in [-0.05, 0) is 18.1 Å². The molecule has 122 valence electrons. The Morgan fingerprint density at radius 2 is 2.22 bits per heavy atom. The number of aryl methyl sites for hydroxylation is 1. The van der Waals surface area contributed by atoms with E-state index in [1.165, 1.54) is 5.56 Å². The number of para-hydroxylation sites is 1. The molecule has 2 heterocycles. The molecule has 0 spiro atoms. The van der Waals surface area contributed by atoms with Gasteiger partial charge in [-0.3, -0.25) is 4.99 Å². The molecule has 0 bridgehead atoms. The molecule has 1 aromatic heterocycles. The van der Waals surface area contributed by atoms with Crippen LogP contribution in [0.1, 0.15) is 23.9 Å². The highest BCUT2D eigenvalue weighted by molar-refractivity contribution is 5.79. The molecule has 2 aromatic rings. The minimum Gasteiger partial charge on any atom is -0.488 e. The maximum absolute atomic E-state index is 5.91. The van der Waals surface area contributed by atoms with E-state index < -0.39 is 0 Å². The second kappa shape index (κ2) is 7.17. The first-order chi connectivity index (χ1) is 11.3. The minimum atomic E-state index is 0.128. The van der Waals surface area contributed by atoms with Gasteiger partial charge in [0.05, 0.1) is 18.8 Å². The number of benzene rings is 1. The van der Waals surface area contributed by atoms with Crippen LogP contribution in [-0.2, 0) is 19.4 Å². The smallest absolute Gasteiger partial charge is 0.191 e. The summed E-state index contributed by atoms with van der Waals surface area (Å²) in [5, 5.41) is 10.5. The van der Waals surface area contributed by atoms with Crippen LogP contribution in [0.5, 0.6) is 5.75 Å². The first-order valence-electron chi connectivity index (χ1n) is 7.92. The van der Waals surface area contributed by atoms with Crippen LogP contribution in [0.2, 0.25) is 0 Å². The van der Waals surface area contributed by atoms with E-state index in [9.17, 15) is 0 Å². The van der Waals surface area contributed by atoms with Crippen molar-refractivity contribution in [3.8, 4) is 5.75 Å². The number of nitrogens with one attached hydrogen (secondary N) is 2. The van der Waals surface area contributed by atoms with Crippen LogP contribution in [0.15, 0.2) is 39.8 Å². The zero-order valence-corrected chi connectivity index (χ0v) is 13.5. The summed E-state index contributed by atoms with van der Waals surface area (Å²) in [6.07, 6.45) is 1.92. The molecule has 1 aliphatic heterocycles. The molecule has 2 N–H and O–H groups in total. The fourth-order valence-corrected chi connectivity index (χ4v) is 2.58. The molecule has 1 unspecified atom stereocenters. The fourth-order valence-electron chi connectivity index (χ4n) is 2.58. The topological polar surface area (TPSA) is 71.7 Å².